The second-order valence-electron chi connectivity index (χ2n) is 4.98. The second-order valence-corrected chi connectivity index (χ2v) is 4.98. The summed E-state index contributed by atoms with van der Waals surface area (Å²) in [4.78, 5) is 13.0. The van der Waals surface area contributed by atoms with Gasteiger partial charge in [0.05, 0.1) is 11.7 Å². The van der Waals surface area contributed by atoms with Crippen molar-refractivity contribution in [3.63, 3.8) is 0 Å². The number of piperidine rings is 1. The van der Waals surface area contributed by atoms with Gasteiger partial charge in [0, 0.05) is 25.6 Å². The van der Waals surface area contributed by atoms with Gasteiger partial charge in [0.25, 0.3) is 0 Å². The summed E-state index contributed by atoms with van der Waals surface area (Å²) in [5.41, 5.74) is 0.838. The Bertz CT molecular complexity index is 316. The van der Waals surface area contributed by atoms with Crippen molar-refractivity contribution >= 4 is 5.97 Å². The van der Waals surface area contributed by atoms with Gasteiger partial charge in [0.2, 0.25) is 0 Å². The van der Waals surface area contributed by atoms with Crippen LogP contribution in [0.5, 0.6) is 0 Å². The molecule has 0 saturated carbocycles. The number of hydrogen-bond acceptors (Lipinski definition) is 3. The summed E-state index contributed by atoms with van der Waals surface area (Å²) >= 11 is 0. The largest absolute Gasteiger partial charge is 0.478 e. The van der Waals surface area contributed by atoms with Gasteiger partial charge in [-0.2, -0.15) is 0 Å². The van der Waals surface area contributed by atoms with E-state index in [2.05, 4.69) is 11.9 Å². The first kappa shape index (κ1) is 11.6. The maximum atomic E-state index is 10.7. The number of hydrogen-bond donors (Lipinski definition) is 1. The van der Waals surface area contributed by atoms with Crippen molar-refractivity contribution in [2.75, 3.05) is 20.1 Å². The van der Waals surface area contributed by atoms with Crippen molar-refractivity contribution in [3.05, 3.63) is 11.6 Å². The maximum absolute atomic E-state index is 10.7. The second kappa shape index (κ2) is 4.18. The van der Waals surface area contributed by atoms with E-state index in [1.807, 2.05) is 6.92 Å². The minimum absolute atomic E-state index is 0.0421. The summed E-state index contributed by atoms with van der Waals surface area (Å²) in [5.74, 6) is -0.865. The molecule has 0 aromatic rings. The molecule has 2 saturated heterocycles. The molecule has 4 nitrogen and oxygen atoms in total. The highest BCUT2D eigenvalue weighted by atomic mass is 16.5. The van der Waals surface area contributed by atoms with Gasteiger partial charge < -0.3 is 14.7 Å². The number of ether oxygens (including phenoxy) is 1. The molecule has 2 aliphatic heterocycles. The SMILES string of the molecule is CC1OC2(CCN(C)CC2)CC1=CC(=O)O. The smallest absolute Gasteiger partial charge is 0.328 e. The molecule has 2 rings (SSSR count). The van der Waals surface area contributed by atoms with Crippen LogP contribution in [0.4, 0.5) is 0 Å². The monoisotopic (exact) mass is 225 g/mol. The van der Waals surface area contributed by atoms with Gasteiger partial charge in [0.15, 0.2) is 0 Å². The van der Waals surface area contributed by atoms with Gasteiger partial charge in [-0.1, -0.05) is 0 Å². The third-order valence-electron chi connectivity index (χ3n) is 3.68. The summed E-state index contributed by atoms with van der Waals surface area (Å²) in [6.45, 7) is 4.02. The number of aliphatic carboxylic acids is 1. The minimum atomic E-state index is -0.865. The summed E-state index contributed by atoms with van der Waals surface area (Å²) in [6, 6.07) is 0. The Morgan fingerprint density at radius 1 is 1.56 bits per heavy atom. The lowest BCUT2D eigenvalue weighted by Gasteiger charge is -2.37. The molecule has 16 heavy (non-hydrogen) atoms. The number of rotatable bonds is 1. The van der Waals surface area contributed by atoms with Crippen LogP contribution in [0.2, 0.25) is 0 Å². The molecular formula is C12H19NO3. The molecule has 1 spiro atoms. The highest BCUT2D eigenvalue weighted by molar-refractivity contribution is 5.81. The summed E-state index contributed by atoms with van der Waals surface area (Å²) in [7, 11) is 2.11. The quantitative estimate of drug-likeness (QED) is 0.683. The minimum Gasteiger partial charge on any atom is -0.478 e. The van der Waals surface area contributed by atoms with Crippen LogP contribution in [0.25, 0.3) is 0 Å². The molecule has 0 aromatic heterocycles. The average Bonchev–Trinajstić information content (AvgIpc) is 2.49. The lowest BCUT2D eigenvalue weighted by Crippen LogP contribution is -2.42. The lowest BCUT2D eigenvalue weighted by molar-refractivity contribution is -0.131. The zero-order valence-corrected chi connectivity index (χ0v) is 9.90. The molecule has 0 amide bonds. The average molecular weight is 225 g/mol. The molecule has 90 valence electrons. The van der Waals surface area contributed by atoms with E-state index in [4.69, 9.17) is 9.84 Å². The third-order valence-corrected chi connectivity index (χ3v) is 3.68. The predicted molar refractivity (Wildman–Crippen MR) is 60.3 cm³/mol. The number of nitrogens with zero attached hydrogens (tertiary/aromatic N) is 1. The van der Waals surface area contributed by atoms with Gasteiger partial charge in [-0.25, -0.2) is 4.79 Å². The van der Waals surface area contributed by atoms with Crippen molar-refractivity contribution in [1.82, 2.24) is 4.90 Å². The van der Waals surface area contributed by atoms with Crippen LogP contribution in [0.3, 0.4) is 0 Å². The summed E-state index contributed by atoms with van der Waals surface area (Å²) in [5, 5.41) is 8.78. The zero-order chi connectivity index (χ0) is 11.8. The Morgan fingerprint density at radius 2 is 2.19 bits per heavy atom. The maximum Gasteiger partial charge on any atom is 0.328 e. The van der Waals surface area contributed by atoms with Crippen molar-refractivity contribution in [3.8, 4) is 0 Å². The van der Waals surface area contributed by atoms with E-state index >= 15 is 0 Å². The fourth-order valence-electron chi connectivity index (χ4n) is 2.66. The summed E-state index contributed by atoms with van der Waals surface area (Å²) in [6.07, 6.45) is 4.07. The molecular weight excluding hydrogens is 206 g/mol. The van der Waals surface area contributed by atoms with Gasteiger partial charge in [0.1, 0.15) is 0 Å². The first-order valence-corrected chi connectivity index (χ1v) is 5.80. The van der Waals surface area contributed by atoms with E-state index in [0.717, 1.165) is 37.9 Å². The molecule has 4 heteroatoms. The molecule has 2 aliphatic rings. The van der Waals surface area contributed by atoms with E-state index in [1.165, 1.54) is 6.08 Å². The van der Waals surface area contributed by atoms with E-state index < -0.39 is 5.97 Å². The van der Waals surface area contributed by atoms with Crippen molar-refractivity contribution < 1.29 is 14.6 Å². The first-order chi connectivity index (χ1) is 7.51. The molecule has 0 aromatic carbocycles. The van der Waals surface area contributed by atoms with E-state index in [9.17, 15) is 4.79 Å². The molecule has 1 unspecified atom stereocenters. The van der Waals surface area contributed by atoms with Gasteiger partial charge >= 0.3 is 5.97 Å². The highest BCUT2D eigenvalue weighted by Gasteiger charge is 2.43. The first-order valence-electron chi connectivity index (χ1n) is 5.80. The number of carboxylic acids is 1. The van der Waals surface area contributed by atoms with Crippen molar-refractivity contribution in [1.29, 1.82) is 0 Å². The van der Waals surface area contributed by atoms with Crippen LogP contribution in [0, 0.1) is 0 Å². The molecule has 1 atom stereocenters. The van der Waals surface area contributed by atoms with Crippen molar-refractivity contribution in [2.45, 2.75) is 37.9 Å². The topological polar surface area (TPSA) is 49.8 Å². The van der Waals surface area contributed by atoms with Crippen LogP contribution < -0.4 is 0 Å². The van der Waals surface area contributed by atoms with Crippen molar-refractivity contribution in [2.24, 2.45) is 0 Å². The highest BCUT2D eigenvalue weighted by Crippen LogP contribution is 2.41. The molecule has 1 N–H and O–H groups in total. The molecule has 0 bridgehead atoms. The number of carboxylic acid groups (broad SMARTS) is 1. The molecule has 0 radical (unpaired) electrons. The predicted octanol–water partition coefficient (Wildman–Crippen LogP) is 1.27. The van der Waals surface area contributed by atoms with E-state index in [1.54, 1.807) is 0 Å². The molecule has 0 aliphatic carbocycles. The van der Waals surface area contributed by atoms with Gasteiger partial charge in [-0.05, 0) is 32.4 Å². The number of likely N-dealkylation sites (tertiary alicyclic amines) is 1. The Kier molecular flexibility index (Phi) is 3.04. The van der Waals surface area contributed by atoms with Crippen LogP contribution >= 0.6 is 0 Å². The third kappa shape index (κ3) is 2.28. The fourth-order valence-corrected chi connectivity index (χ4v) is 2.66. The standard InChI is InChI=1S/C12H19NO3/c1-9-10(7-11(14)15)8-12(16-9)3-5-13(2)6-4-12/h7,9H,3-6,8H2,1-2H3,(H,14,15). The zero-order valence-electron chi connectivity index (χ0n) is 9.90. The van der Waals surface area contributed by atoms with Crippen LogP contribution in [-0.4, -0.2) is 47.8 Å². The summed E-state index contributed by atoms with van der Waals surface area (Å²) < 4.78 is 5.99. The Morgan fingerprint density at radius 3 is 2.75 bits per heavy atom. The number of carbonyl (C=O) groups is 1. The van der Waals surface area contributed by atoms with Crippen LogP contribution in [0.15, 0.2) is 11.6 Å². The normalized spacial score (nSPS) is 32.4. The Labute approximate surface area is 95.9 Å². The van der Waals surface area contributed by atoms with Crippen LogP contribution in [0.1, 0.15) is 26.2 Å². The van der Waals surface area contributed by atoms with E-state index in [0.29, 0.717) is 0 Å². The van der Waals surface area contributed by atoms with Gasteiger partial charge in [-0.3, -0.25) is 0 Å². The molecule has 2 fully saturated rings. The Hall–Kier alpha value is -0.870. The van der Waals surface area contributed by atoms with E-state index in [-0.39, 0.29) is 11.7 Å². The van der Waals surface area contributed by atoms with Crippen LogP contribution in [-0.2, 0) is 9.53 Å². The lowest BCUT2D eigenvalue weighted by atomic mass is 9.87. The van der Waals surface area contributed by atoms with Gasteiger partial charge in [-0.15, -0.1) is 0 Å². The Balaban J connectivity index is 2.08. The molecule has 2 heterocycles. The fraction of sp³-hybridized carbons (Fsp3) is 0.750.